The molecule has 0 radical (unpaired) electrons. The predicted molar refractivity (Wildman–Crippen MR) is 58.7 cm³/mol. The molecular weight excluding hydrogens is 226 g/mol. The summed E-state index contributed by atoms with van der Waals surface area (Å²) in [5.74, 6) is 0. The third-order valence-corrected chi connectivity index (χ3v) is 3.64. The maximum Gasteiger partial charge on any atom is 0.0297 e. The highest BCUT2D eigenvalue weighted by Crippen LogP contribution is 2.31. The number of nitrogens with two attached hydrogens (primary N) is 1. The van der Waals surface area contributed by atoms with E-state index in [1.54, 1.807) is 0 Å². The molecule has 1 aromatic rings. The normalized spacial score (nSPS) is 21.3. The van der Waals surface area contributed by atoms with Crippen molar-refractivity contribution >= 4 is 15.9 Å². The second-order valence-corrected chi connectivity index (χ2v) is 4.65. The zero-order chi connectivity index (χ0) is 9.42. The van der Waals surface area contributed by atoms with E-state index in [9.17, 15) is 0 Å². The summed E-state index contributed by atoms with van der Waals surface area (Å²) in [6.07, 6.45) is 3.54. The molecule has 1 aliphatic rings. The van der Waals surface area contributed by atoms with Crippen molar-refractivity contribution in [3.63, 3.8) is 0 Å². The number of halogens is 1. The Labute approximate surface area is 87.5 Å². The van der Waals surface area contributed by atoms with Gasteiger partial charge in [-0.3, -0.25) is 0 Å². The first-order valence-corrected chi connectivity index (χ1v) is 5.52. The Morgan fingerprint density at radius 3 is 3.00 bits per heavy atom. The zero-order valence-electron chi connectivity index (χ0n) is 7.81. The second-order valence-electron chi connectivity index (χ2n) is 3.80. The van der Waals surface area contributed by atoms with Crippen LogP contribution in [0.4, 0.5) is 0 Å². The van der Waals surface area contributed by atoms with Crippen molar-refractivity contribution < 1.29 is 0 Å². The van der Waals surface area contributed by atoms with Gasteiger partial charge in [0.2, 0.25) is 0 Å². The van der Waals surface area contributed by atoms with Crippen molar-refractivity contribution in [3.05, 3.63) is 33.3 Å². The van der Waals surface area contributed by atoms with Gasteiger partial charge in [-0.2, -0.15) is 0 Å². The molecule has 0 fully saturated rings. The number of hydrogen-bond donors (Lipinski definition) is 1. The second kappa shape index (κ2) is 3.43. The van der Waals surface area contributed by atoms with E-state index < -0.39 is 0 Å². The molecule has 1 atom stereocenters. The van der Waals surface area contributed by atoms with Gasteiger partial charge >= 0.3 is 0 Å². The number of aryl methyl sites for hydroxylation is 2. The summed E-state index contributed by atoms with van der Waals surface area (Å²) < 4.78 is 1.21. The number of benzene rings is 1. The van der Waals surface area contributed by atoms with Crippen LogP contribution < -0.4 is 5.73 Å². The minimum absolute atomic E-state index is 0.260. The highest BCUT2D eigenvalue weighted by atomic mass is 79.9. The predicted octanol–water partition coefficient (Wildman–Crippen LogP) is 3.09. The van der Waals surface area contributed by atoms with Gasteiger partial charge in [-0.25, -0.2) is 0 Å². The molecule has 2 rings (SSSR count). The van der Waals surface area contributed by atoms with Crippen LogP contribution in [0.25, 0.3) is 0 Å². The monoisotopic (exact) mass is 239 g/mol. The van der Waals surface area contributed by atoms with E-state index in [1.807, 2.05) is 0 Å². The van der Waals surface area contributed by atoms with Gasteiger partial charge in [0.25, 0.3) is 0 Å². The lowest BCUT2D eigenvalue weighted by Gasteiger charge is -2.23. The van der Waals surface area contributed by atoms with E-state index in [0.29, 0.717) is 0 Å². The SMILES string of the molecule is Cc1cc2c(cc1Br)CCCC2N. The van der Waals surface area contributed by atoms with E-state index in [-0.39, 0.29) is 6.04 Å². The van der Waals surface area contributed by atoms with Crippen molar-refractivity contribution in [2.24, 2.45) is 5.73 Å². The van der Waals surface area contributed by atoms with E-state index in [0.717, 1.165) is 6.42 Å². The van der Waals surface area contributed by atoms with Crippen molar-refractivity contribution in [2.75, 3.05) is 0 Å². The molecule has 0 amide bonds. The van der Waals surface area contributed by atoms with Gasteiger partial charge in [-0.05, 0) is 48.9 Å². The van der Waals surface area contributed by atoms with Crippen LogP contribution >= 0.6 is 15.9 Å². The van der Waals surface area contributed by atoms with Crippen LogP contribution in [0, 0.1) is 6.92 Å². The maximum absolute atomic E-state index is 6.05. The molecule has 1 nitrogen and oxygen atoms in total. The molecule has 1 aromatic carbocycles. The van der Waals surface area contributed by atoms with E-state index in [4.69, 9.17) is 5.73 Å². The van der Waals surface area contributed by atoms with Crippen molar-refractivity contribution in [1.29, 1.82) is 0 Å². The Bertz CT molecular complexity index is 333. The summed E-state index contributed by atoms with van der Waals surface area (Å²) in [4.78, 5) is 0. The molecule has 0 spiro atoms. The molecule has 2 heteroatoms. The summed E-state index contributed by atoms with van der Waals surface area (Å²) in [5.41, 5.74) is 10.1. The van der Waals surface area contributed by atoms with Crippen LogP contribution in [0.3, 0.4) is 0 Å². The summed E-state index contributed by atoms with van der Waals surface area (Å²) in [6.45, 7) is 2.12. The zero-order valence-corrected chi connectivity index (χ0v) is 9.39. The third kappa shape index (κ3) is 1.65. The molecule has 0 bridgehead atoms. The summed E-state index contributed by atoms with van der Waals surface area (Å²) in [6, 6.07) is 4.71. The average Bonchev–Trinajstić information content (AvgIpc) is 2.09. The minimum atomic E-state index is 0.260. The van der Waals surface area contributed by atoms with Crippen LogP contribution in [0.1, 0.15) is 35.6 Å². The van der Waals surface area contributed by atoms with Crippen molar-refractivity contribution in [1.82, 2.24) is 0 Å². The number of fused-ring (bicyclic) bond motifs is 1. The molecule has 0 aliphatic heterocycles. The standard InChI is InChI=1S/C11H14BrN/c1-7-5-9-8(6-10(7)12)3-2-4-11(9)13/h5-6,11H,2-4,13H2,1H3. The summed E-state index contributed by atoms with van der Waals surface area (Å²) in [5, 5.41) is 0. The lowest BCUT2D eigenvalue weighted by molar-refractivity contribution is 0.569. The van der Waals surface area contributed by atoms with Gasteiger partial charge in [0.1, 0.15) is 0 Å². The van der Waals surface area contributed by atoms with Gasteiger partial charge in [-0.1, -0.05) is 22.0 Å². The Hall–Kier alpha value is -0.340. The fraction of sp³-hybridized carbons (Fsp3) is 0.455. The molecule has 0 saturated carbocycles. The molecule has 1 aliphatic carbocycles. The van der Waals surface area contributed by atoms with E-state index in [1.165, 1.54) is 34.0 Å². The van der Waals surface area contributed by atoms with E-state index >= 15 is 0 Å². The van der Waals surface area contributed by atoms with Crippen LogP contribution in [-0.2, 0) is 6.42 Å². The number of rotatable bonds is 0. The van der Waals surface area contributed by atoms with Gasteiger partial charge in [-0.15, -0.1) is 0 Å². The Kier molecular flexibility index (Phi) is 2.43. The van der Waals surface area contributed by atoms with Crippen molar-refractivity contribution in [3.8, 4) is 0 Å². The maximum atomic E-state index is 6.05. The Morgan fingerprint density at radius 1 is 1.46 bits per heavy atom. The third-order valence-electron chi connectivity index (χ3n) is 2.78. The van der Waals surface area contributed by atoms with E-state index in [2.05, 4.69) is 35.0 Å². The largest absolute Gasteiger partial charge is 0.324 e. The van der Waals surface area contributed by atoms with Crippen LogP contribution in [0.5, 0.6) is 0 Å². The first-order valence-electron chi connectivity index (χ1n) is 4.73. The van der Waals surface area contributed by atoms with Gasteiger partial charge in [0, 0.05) is 10.5 Å². The Morgan fingerprint density at radius 2 is 2.23 bits per heavy atom. The smallest absolute Gasteiger partial charge is 0.0297 e. The fourth-order valence-electron chi connectivity index (χ4n) is 1.97. The average molecular weight is 240 g/mol. The van der Waals surface area contributed by atoms with Gasteiger partial charge < -0.3 is 5.73 Å². The lowest BCUT2D eigenvalue weighted by Crippen LogP contribution is -2.17. The Balaban J connectivity index is 2.52. The summed E-state index contributed by atoms with van der Waals surface area (Å²) >= 11 is 3.55. The minimum Gasteiger partial charge on any atom is -0.324 e. The molecular formula is C11H14BrN. The van der Waals surface area contributed by atoms with Gasteiger partial charge in [0.15, 0.2) is 0 Å². The highest BCUT2D eigenvalue weighted by molar-refractivity contribution is 9.10. The molecule has 13 heavy (non-hydrogen) atoms. The van der Waals surface area contributed by atoms with Crippen LogP contribution in [0.15, 0.2) is 16.6 Å². The van der Waals surface area contributed by atoms with Crippen molar-refractivity contribution in [2.45, 2.75) is 32.2 Å². The molecule has 0 saturated heterocycles. The van der Waals surface area contributed by atoms with Gasteiger partial charge in [0.05, 0.1) is 0 Å². The molecule has 70 valence electrons. The molecule has 2 N–H and O–H groups in total. The molecule has 0 heterocycles. The highest BCUT2D eigenvalue weighted by Gasteiger charge is 2.17. The first-order chi connectivity index (χ1) is 6.18. The number of hydrogen-bond acceptors (Lipinski definition) is 1. The quantitative estimate of drug-likeness (QED) is 0.740. The van der Waals surface area contributed by atoms with Crippen LogP contribution in [-0.4, -0.2) is 0 Å². The molecule has 0 aromatic heterocycles. The first kappa shape index (κ1) is 9.22. The summed E-state index contributed by atoms with van der Waals surface area (Å²) in [7, 11) is 0. The van der Waals surface area contributed by atoms with Crippen LogP contribution in [0.2, 0.25) is 0 Å². The lowest BCUT2D eigenvalue weighted by atomic mass is 9.87. The molecule has 1 unspecified atom stereocenters. The topological polar surface area (TPSA) is 26.0 Å². The fourth-order valence-corrected chi connectivity index (χ4v) is 2.37.